The zero-order valence-corrected chi connectivity index (χ0v) is 21.0. The monoisotopic (exact) mass is 469 g/mol. The third kappa shape index (κ3) is 4.08. The van der Waals surface area contributed by atoms with Gasteiger partial charge in [-0.2, -0.15) is 0 Å². The number of rotatable bonds is 3. The molecule has 0 aromatic carbocycles. The lowest BCUT2D eigenvalue weighted by molar-refractivity contribution is 0.0130. The molecule has 3 aromatic heterocycles. The zero-order valence-electron chi connectivity index (χ0n) is 21.0. The fourth-order valence-electron chi connectivity index (χ4n) is 5.13. The van der Waals surface area contributed by atoms with Crippen molar-refractivity contribution in [1.29, 1.82) is 0 Å². The molecule has 0 radical (unpaired) electrons. The molecule has 5 rings (SSSR count). The van der Waals surface area contributed by atoms with Gasteiger partial charge in [0.15, 0.2) is 5.65 Å². The van der Waals surface area contributed by atoms with Crippen molar-refractivity contribution >= 4 is 28.6 Å². The molecule has 0 aliphatic carbocycles. The summed E-state index contributed by atoms with van der Waals surface area (Å²) >= 11 is 0. The lowest BCUT2D eigenvalue weighted by atomic mass is 10.1. The van der Waals surface area contributed by atoms with Crippen molar-refractivity contribution in [1.82, 2.24) is 29.0 Å². The number of hydrogen-bond acceptors (Lipinski definition) is 7. The Bertz CT molecular complexity index is 1200. The van der Waals surface area contributed by atoms with E-state index in [1.807, 2.05) is 37.0 Å². The van der Waals surface area contributed by atoms with E-state index in [2.05, 4.69) is 39.6 Å². The van der Waals surface area contributed by atoms with Gasteiger partial charge in [0.1, 0.15) is 28.9 Å². The van der Waals surface area contributed by atoms with Crippen molar-refractivity contribution in [3.05, 3.63) is 18.2 Å². The van der Waals surface area contributed by atoms with E-state index in [-0.39, 0.29) is 24.3 Å². The van der Waals surface area contributed by atoms with Gasteiger partial charge < -0.3 is 23.8 Å². The predicted octanol–water partition coefficient (Wildman–Crippen LogP) is 3.40. The summed E-state index contributed by atoms with van der Waals surface area (Å²) in [7, 11) is 0. The summed E-state index contributed by atoms with van der Waals surface area (Å²) in [5, 5.41) is 8.54. The third-order valence-electron chi connectivity index (χ3n) is 6.78. The van der Waals surface area contributed by atoms with E-state index in [1.54, 1.807) is 6.33 Å². The number of aryl methyl sites for hydroxylation is 1. The molecule has 0 saturated carbocycles. The van der Waals surface area contributed by atoms with Crippen molar-refractivity contribution in [2.75, 3.05) is 24.6 Å². The maximum absolute atomic E-state index is 12.8. The standard InChI is InChI=1S/C24H35N7O3/c1-15-12-29(23(32)34-24(4,5)6)16(2)11-28(15)19-10-20-27-25-14-31(20)22-21(19)26-17(3)30(22)13-18-8-7-9-33-18/h10,14-16,18H,7-9,11-13H2,1-6H3/t15-,16+,18-/m0/s1. The largest absolute Gasteiger partial charge is 0.444 e. The van der Waals surface area contributed by atoms with Gasteiger partial charge in [-0.25, -0.2) is 9.78 Å². The molecule has 2 aliphatic heterocycles. The summed E-state index contributed by atoms with van der Waals surface area (Å²) in [6, 6.07) is 2.14. The first-order valence-corrected chi connectivity index (χ1v) is 12.2. The normalized spacial score (nSPS) is 23.9. The number of hydrogen-bond donors (Lipinski definition) is 0. The highest BCUT2D eigenvalue weighted by Gasteiger charge is 2.36. The molecular formula is C24H35N7O3. The number of fused-ring (bicyclic) bond motifs is 3. The highest BCUT2D eigenvalue weighted by Crippen LogP contribution is 2.33. The zero-order chi connectivity index (χ0) is 24.2. The molecule has 34 heavy (non-hydrogen) atoms. The lowest BCUT2D eigenvalue weighted by Crippen LogP contribution is -2.59. The Balaban J connectivity index is 1.52. The Hall–Kier alpha value is -2.88. The van der Waals surface area contributed by atoms with Crippen LogP contribution < -0.4 is 4.90 Å². The summed E-state index contributed by atoms with van der Waals surface area (Å²) in [6.45, 7) is 14.8. The quantitative estimate of drug-likeness (QED) is 0.581. The first kappa shape index (κ1) is 22.9. The number of ether oxygens (including phenoxy) is 2. The van der Waals surface area contributed by atoms with Gasteiger partial charge in [0.25, 0.3) is 0 Å². The van der Waals surface area contributed by atoms with Crippen molar-refractivity contribution in [3.63, 3.8) is 0 Å². The summed E-state index contributed by atoms with van der Waals surface area (Å²) < 4.78 is 15.8. The summed E-state index contributed by atoms with van der Waals surface area (Å²) in [5.74, 6) is 0.945. The van der Waals surface area contributed by atoms with E-state index in [1.165, 1.54) is 0 Å². The minimum atomic E-state index is -0.518. The Labute approximate surface area is 199 Å². The highest BCUT2D eigenvalue weighted by molar-refractivity contribution is 5.90. The van der Waals surface area contributed by atoms with Crippen LogP contribution in [-0.4, -0.2) is 78.6 Å². The smallest absolute Gasteiger partial charge is 0.410 e. The number of imidazole rings is 1. The summed E-state index contributed by atoms with van der Waals surface area (Å²) in [4.78, 5) is 22.0. The second-order valence-electron chi connectivity index (χ2n) is 10.6. The highest BCUT2D eigenvalue weighted by atomic mass is 16.6. The molecule has 0 unspecified atom stereocenters. The number of piperazine rings is 1. The van der Waals surface area contributed by atoms with Crippen LogP contribution in [0.2, 0.25) is 0 Å². The molecule has 0 spiro atoms. The molecule has 1 amide bonds. The second kappa shape index (κ2) is 8.41. The fourth-order valence-corrected chi connectivity index (χ4v) is 5.13. The Kier molecular flexibility index (Phi) is 5.66. The van der Waals surface area contributed by atoms with Crippen molar-refractivity contribution in [3.8, 4) is 0 Å². The Morgan fingerprint density at radius 2 is 2.03 bits per heavy atom. The maximum Gasteiger partial charge on any atom is 0.410 e. The van der Waals surface area contributed by atoms with E-state index in [9.17, 15) is 4.79 Å². The van der Waals surface area contributed by atoms with E-state index < -0.39 is 5.60 Å². The molecule has 3 aromatic rings. The van der Waals surface area contributed by atoms with E-state index in [0.29, 0.717) is 13.1 Å². The van der Waals surface area contributed by atoms with Gasteiger partial charge in [-0.05, 0) is 54.4 Å². The van der Waals surface area contributed by atoms with E-state index in [4.69, 9.17) is 14.5 Å². The van der Waals surface area contributed by atoms with Crippen LogP contribution in [-0.2, 0) is 16.0 Å². The topological polar surface area (TPSA) is 90.0 Å². The fraction of sp³-hybridized carbons (Fsp3) is 0.667. The molecular weight excluding hydrogens is 434 g/mol. The molecule has 0 bridgehead atoms. The number of nitrogens with zero attached hydrogens (tertiary/aromatic N) is 7. The van der Waals surface area contributed by atoms with Crippen LogP contribution in [0, 0.1) is 6.92 Å². The van der Waals surface area contributed by atoms with Crippen LogP contribution >= 0.6 is 0 Å². The van der Waals surface area contributed by atoms with Crippen LogP contribution in [0.3, 0.4) is 0 Å². The van der Waals surface area contributed by atoms with Gasteiger partial charge >= 0.3 is 6.09 Å². The third-order valence-corrected chi connectivity index (χ3v) is 6.78. The molecule has 2 saturated heterocycles. The van der Waals surface area contributed by atoms with Gasteiger partial charge in [0.05, 0.1) is 18.3 Å². The number of amides is 1. The van der Waals surface area contributed by atoms with Crippen LogP contribution in [0.4, 0.5) is 10.5 Å². The molecule has 2 aliphatic rings. The van der Waals surface area contributed by atoms with Crippen LogP contribution in [0.25, 0.3) is 16.8 Å². The second-order valence-corrected chi connectivity index (χ2v) is 10.6. The Morgan fingerprint density at radius 3 is 2.74 bits per heavy atom. The molecule has 10 heteroatoms. The lowest BCUT2D eigenvalue weighted by Gasteiger charge is -2.45. The maximum atomic E-state index is 12.8. The summed E-state index contributed by atoms with van der Waals surface area (Å²) in [5.41, 5.74) is 3.20. The van der Waals surface area contributed by atoms with Crippen LogP contribution in [0.1, 0.15) is 53.3 Å². The first-order chi connectivity index (χ1) is 16.1. The molecule has 5 heterocycles. The van der Waals surface area contributed by atoms with Gasteiger partial charge in [-0.15, -0.1) is 10.2 Å². The molecule has 2 fully saturated rings. The minimum absolute atomic E-state index is 0.00901. The van der Waals surface area contributed by atoms with Crippen molar-refractivity contribution < 1.29 is 14.3 Å². The van der Waals surface area contributed by atoms with Gasteiger partial charge in [-0.1, -0.05) is 0 Å². The Morgan fingerprint density at radius 1 is 1.24 bits per heavy atom. The molecule has 0 N–H and O–H groups in total. The molecule has 10 nitrogen and oxygen atoms in total. The molecule has 3 atom stereocenters. The SMILES string of the molecule is Cc1nc2c(N3C[C@@H](C)N(C(=O)OC(C)(C)C)C[C@@H]3C)cc3nncn3c2n1C[C@@H]1CCCO1. The van der Waals surface area contributed by atoms with Crippen molar-refractivity contribution in [2.45, 2.75) is 84.7 Å². The van der Waals surface area contributed by atoms with Gasteiger partial charge in [0.2, 0.25) is 0 Å². The minimum Gasteiger partial charge on any atom is -0.444 e. The first-order valence-electron chi connectivity index (χ1n) is 12.2. The number of aromatic nitrogens is 5. The summed E-state index contributed by atoms with van der Waals surface area (Å²) in [6.07, 6.45) is 3.84. The van der Waals surface area contributed by atoms with Crippen molar-refractivity contribution in [2.24, 2.45) is 0 Å². The molecule has 184 valence electrons. The number of pyridine rings is 1. The average molecular weight is 470 g/mol. The average Bonchev–Trinajstić information content (AvgIpc) is 3.49. The van der Waals surface area contributed by atoms with Gasteiger partial charge in [0, 0.05) is 37.8 Å². The van der Waals surface area contributed by atoms with Crippen LogP contribution in [0.5, 0.6) is 0 Å². The number of carbonyl (C=O) groups excluding carboxylic acids is 1. The van der Waals surface area contributed by atoms with E-state index in [0.717, 1.165) is 54.3 Å². The van der Waals surface area contributed by atoms with E-state index >= 15 is 0 Å². The predicted molar refractivity (Wildman–Crippen MR) is 129 cm³/mol. The van der Waals surface area contributed by atoms with Crippen LogP contribution in [0.15, 0.2) is 12.4 Å². The number of anilines is 1. The van der Waals surface area contributed by atoms with Gasteiger partial charge in [-0.3, -0.25) is 4.40 Å². The number of carbonyl (C=O) groups is 1.